The molecule has 4 aromatic rings. The summed E-state index contributed by atoms with van der Waals surface area (Å²) in [5.41, 5.74) is 3.72. The molecule has 4 aromatic carbocycles. The van der Waals surface area contributed by atoms with Crippen molar-refractivity contribution in [2.24, 2.45) is 5.10 Å². The maximum atomic E-state index is 12.6. The first-order valence-electron chi connectivity index (χ1n) is 9.79. The standard InChI is InChI=1S/C24H20BrN3O3S/c1-32(30,31)28(23-13-7-6-12-22(23)25)16-24(29)27-26-15-21-19-10-4-2-8-17(19)14-18-9-3-5-11-20(18)21/h2-15H,16H2,1H3,(H,27,29). The lowest BCUT2D eigenvalue weighted by Gasteiger charge is -2.22. The molecule has 4 rings (SSSR count). The van der Waals surface area contributed by atoms with E-state index in [1.54, 1.807) is 30.5 Å². The number of nitrogens with zero attached hydrogens (tertiary/aromatic N) is 2. The number of rotatable bonds is 6. The normalized spacial score (nSPS) is 11.8. The summed E-state index contributed by atoms with van der Waals surface area (Å²) < 4.78 is 26.2. The molecule has 0 aliphatic carbocycles. The Morgan fingerprint density at radius 2 is 1.53 bits per heavy atom. The van der Waals surface area contributed by atoms with E-state index in [0.717, 1.165) is 37.7 Å². The molecule has 0 heterocycles. The van der Waals surface area contributed by atoms with Crippen LogP contribution in [-0.2, 0) is 14.8 Å². The van der Waals surface area contributed by atoms with Gasteiger partial charge in [0.15, 0.2) is 0 Å². The van der Waals surface area contributed by atoms with Gasteiger partial charge in [-0.2, -0.15) is 5.10 Å². The summed E-state index contributed by atoms with van der Waals surface area (Å²) in [7, 11) is -3.68. The van der Waals surface area contributed by atoms with Gasteiger partial charge in [0, 0.05) is 10.0 Å². The molecule has 1 amide bonds. The van der Waals surface area contributed by atoms with E-state index in [1.165, 1.54) is 0 Å². The highest BCUT2D eigenvalue weighted by Crippen LogP contribution is 2.28. The molecule has 0 unspecified atom stereocenters. The third-order valence-corrected chi connectivity index (χ3v) is 6.80. The molecular weight excluding hydrogens is 490 g/mol. The van der Waals surface area contributed by atoms with Gasteiger partial charge >= 0.3 is 0 Å². The van der Waals surface area contributed by atoms with Gasteiger partial charge in [0.1, 0.15) is 6.54 Å². The van der Waals surface area contributed by atoms with Crippen molar-refractivity contribution in [2.45, 2.75) is 0 Å². The van der Waals surface area contributed by atoms with Crippen molar-refractivity contribution in [3.05, 3.63) is 88.9 Å². The Hall–Kier alpha value is -3.23. The van der Waals surface area contributed by atoms with Crippen molar-refractivity contribution >= 4 is 65.3 Å². The molecule has 1 N–H and O–H groups in total. The Bertz CT molecular complexity index is 1400. The largest absolute Gasteiger partial charge is 0.271 e. The average molecular weight is 510 g/mol. The highest BCUT2D eigenvalue weighted by Gasteiger charge is 2.22. The van der Waals surface area contributed by atoms with Crippen LogP contribution in [0.3, 0.4) is 0 Å². The minimum Gasteiger partial charge on any atom is -0.271 e. The molecule has 0 saturated carbocycles. The maximum absolute atomic E-state index is 12.6. The lowest BCUT2D eigenvalue weighted by atomic mass is 9.97. The molecule has 162 valence electrons. The van der Waals surface area contributed by atoms with E-state index >= 15 is 0 Å². The number of hydrazone groups is 1. The Morgan fingerprint density at radius 1 is 0.969 bits per heavy atom. The second-order valence-corrected chi connectivity index (χ2v) is 10.0. The van der Waals surface area contributed by atoms with Crippen LogP contribution in [0.1, 0.15) is 5.56 Å². The third-order valence-electron chi connectivity index (χ3n) is 5.00. The number of hydrogen-bond acceptors (Lipinski definition) is 4. The van der Waals surface area contributed by atoms with Crippen molar-refractivity contribution in [3.63, 3.8) is 0 Å². The summed E-state index contributed by atoms with van der Waals surface area (Å²) in [6, 6.07) is 24.9. The molecule has 0 aromatic heterocycles. The van der Waals surface area contributed by atoms with Crippen molar-refractivity contribution < 1.29 is 13.2 Å². The Balaban J connectivity index is 1.61. The summed E-state index contributed by atoms with van der Waals surface area (Å²) in [6.07, 6.45) is 2.66. The number of halogens is 1. The van der Waals surface area contributed by atoms with Crippen molar-refractivity contribution in [1.29, 1.82) is 0 Å². The number of anilines is 1. The summed E-state index contributed by atoms with van der Waals surface area (Å²) in [6.45, 7) is -0.394. The Labute approximate surface area is 194 Å². The first-order chi connectivity index (χ1) is 15.3. The van der Waals surface area contributed by atoms with Gasteiger partial charge in [-0.25, -0.2) is 13.8 Å². The number of hydrogen-bond donors (Lipinski definition) is 1. The zero-order valence-electron chi connectivity index (χ0n) is 17.2. The zero-order chi connectivity index (χ0) is 22.7. The minimum absolute atomic E-state index is 0.383. The Morgan fingerprint density at radius 3 is 2.12 bits per heavy atom. The van der Waals surface area contributed by atoms with E-state index in [-0.39, 0.29) is 0 Å². The molecule has 0 aliphatic rings. The maximum Gasteiger partial charge on any atom is 0.260 e. The topological polar surface area (TPSA) is 78.8 Å². The predicted octanol–water partition coefficient (Wildman–Crippen LogP) is 4.67. The van der Waals surface area contributed by atoms with Crippen molar-refractivity contribution in [1.82, 2.24) is 5.43 Å². The van der Waals surface area contributed by atoms with Crippen LogP contribution in [0.25, 0.3) is 21.5 Å². The summed E-state index contributed by atoms with van der Waals surface area (Å²) in [4.78, 5) is 12.6. The molecule has 0 saturated heterocycles. The number of amides is 1. The van der Waals surface area contributed by atoms with Gasteiger partial charge in [-0.15, -0.1) is 0 Å². The quantitative estimate of drug-likeness (QED) is 0.233. The van der Waals surface area contributed by atoms with Gasteiger partial charge in [-0.1, -0.05) is 60.7 Å². The summed E-state index contributed by atoms with van der Waals surface area (Å²) >= 11 is 3.34. The summed E-state index contributed by atoms with van der Waals surface area (Å²) in [5, 5.41) is 8.29. The number of nitrogens with one attached hydrogen (secondary N) is 1. The number of carbonyl (C=O) groups excluding carboxylic acids is 1. The molecule has 6 nitrogen and oxygen atoms in total. The molecule has 0 atom stereocenters. The molecule has 32 heavy (non-hydrogen) atoms. The zero-order valence-corrected chi connectivity index (χ0v) is 19.6. The third kappa shape index (κ3) is 4.66. The molecule has 8 heteroatoms. The van der Waals surface area contributed by atoms with Gasteiger partial charge in [-0.05, 0) is 55.7 Å². The molecule has 0 aliphatic heterocycles. The van der Waals surface area contributed by atoms with Crippen LogP contribution in [0.15, 0.2) is 88.4 Å². The molecule has 0 fully saturated rings. The molecular formula is C24H20BrN3O3S. The van der Waals surface area contributed by atoms with Crippen molar-refractivity contribution in [2.75, 3.05) is 17.1 Å². The SMILES string of the molecule is CS(=O)(=O)N(CC(=O)NN=Cc1c2ccccc2cc2ccccc12)c1ccccc1Br. The van der Waals surface area contributed by atoms with Gasteiger partial charge in [-0.3, -0.25) is 9.10 Å². The molecule has 0 bridgehead atoms. The number of benzene rings is 4. The van der Waals surface area contributed by atoms with E-state index in [0.29, 0.717) is 10.2 Å². The van der Waals surface area contributed by atoms with Gasteiger partial charge < -0.3 is 0 Å². The van der Waals surface area contributed by atoms with Crippen LogP contribution in [-0.4, -0.2) is 33.3 Å². The summed E-state index contributed by atoms with van der Waals surface area (Å²) in [5.74, 6) is -0.549. The molecule has 0 spiro atoms. The van der Waals surface area contributed by atoms with Gasteiger partial charge in [0.2, 0.25) is 10.0 Å². The van der Waals surface area contributed by atoms with Crippen molar-refractivity contribution in [3.8, 4) is 0 Å². The number of para-hydroxylation sites is 1. The second-order valence-electron chi connectivity index (χ2n) is 7.25. The van der Waals surface area contributed by atoms with E-state index < -0.39 is 22.5 Å². The van der Waals surface area contributed by atoms with Gasteiger partial charge in [0.05, 0.1) is 18.2 Å². The number of carbonyl (C=O) groups is 1. The smallest absolute Gasteiger partial charge is 0.260 e. The Kier molecular flexibility index (Phi) is 6.25. The van der Waals surface area contributed by atoms with Crippen LogP contribution in [0.5, 0.6) is 0 Å². The van der Waals surface area contributed by atoms with Crippen LogP contribution >= 0.6 is 15.9 Å². The number of fused-ring (bicyclic) bond motifs is 2. The fraction of sp³-hybridized carbons (Fsp3) is 0.0833. The molecule has 0 radical (unpaired) electrons. The monoisotopic (exact) mass is 509 g/mol. The van der Waals surface area contributed by atoms with Crippen LogP contribution in [0.2, 0.25) is 0 Å². The fourth-order valence-corrected chi connectivity index (χ4v) is 5.04. The minimum atomic E-state index is -3.68. The first-order valence-corrected chi connectivity index (χ1v) is 12.4. The second kappa shape index (κ2) is 9.10. The number of sulfonamides is 1. The van der Waals surface area contributed by atoms with E-state index in [2.05, 4.69) is 32.5 Å². The van der Waals surface area contributed by atoms with Gasteiger partial charge in [0.25, 0.3) is 5.91 Å². The van der Waals surface area contributed by atoms with E-state index in [1.807, 2.05) is 48.5 Å². The highest BCUT2D eigenvalue weighted by molar-refractivity contribution is 9.10. The van der Waals surface area contributed by atoms with Crippen LogP contribution < -0.4 is 9.73 Å². The van der Waals surface area contributed by atoms with E-state index in [9.17, 15) is 13.2 Å². The predicted molar refractivity (Wildman–Crippen MR) is 134 cm³/mol. The highest BCUT2D eigenvalue weighted by atomic mass is 79.9. The average Bonchev–Trinajstić information content (AvgIpc) is 2.77. The van der Waals surface area contributed by atoms with Crippen LogP contribution in [0.4, 0.5) is 5.69 Å². The van der Waals surface area contributed by atoms with E-state index in [4.69, 9.17) is 0 Å². The van der Waals surface area contributed by atoms with Crippen LogP contribution in [0, 0.1) is 0 Å². The lowest BCUT2D eigenvalue weighted by Crippen LogP contribution is -2.39. The first kappa shape index (κ1) is 22.0. The lowest BCUT2D eigenvalue weighted by molar-refractivity contribution is -0.119. The fourth-order valence-electron chi connectivity index (χ4n) is 3.56.